The van der Waals surface area contributed by atoms with Gasteiger partial charge in [0.15, 0.2) is 0 Å². The highest BCUT2D eigenvalue weighted by Crippen LogP contribution is 2.39. The Balaban J connectivity index is 1.87. The molecule has 1 heterocycles. The van der Waals surface area contributed by atoms with E-state index in [2.05, 4.69) is 26.2 Å². The Hall–Kier alpha value is -1.95. The zero-order valence-corrected chi connectivity index (χ0v) is 14.0. The lowest BCUT2D eigenvalue weighted by molar-refractivity contribution is 0.0995. The highest BCUT2D eigenvalue weighted by atomic mass is 79.9. The highest BCUT2D eigenvalue weighted by molar-refractivity contribution is 9.10. The highest BCUT2D eigenvalue weighted by Gasteiger charge is 2.27. The van der Waals surface area contributed by atoms with E-state index in [1.807, 2.05) is 6.07 Å². The number of nitrogens with one attached hydrogen (secondary N) is 1. The minimum Gasteiger partial charge on any atom is -0.378 e. The van der Waals surface area contributed by atoms with E-state index in [9.17, 15) is 9.18 Å². The summed E-state index contributed by atoms with van der Waals surface area (Å²) in [5.74, 6) is -0.183. The second-order valence-corrected chi connectivity index (χ2v) is 6.79. The molecule has 4 nitrogen and oxygen atoms in total. The lowest BCUT2D eigenvalue weighted by Crippen LogP contribution is -2.15. The van der Waals surface area contributed by atoms with Crippen LogP contribution < -0.4 is 11.1 Å². The van der Waals surface area contributed by atoms with Gasteiger partial charge in [-0.25, -0.2) is 4.39 Å². The summed E-state index contributed by atoms with van der Waals surface area (Å²) in [7, 11) is 0. The number of hydrogen-bond donors (Lipinski definition) is 2. The molecule has 120 valence electrons. The van der Waals surface area contributed by atoms with Crippen LogP contribution in [0.2, 0.25) is 0 Å². The Bertz CT molecular complexity index is 713. The van der Waals surface area contributed by atoms with Crippen LogP contribution in [0.25, 0.3) is 0 Å². The Labute approximate surface area is 142 Å². The fraction of sp³-hybridized carbons (Fsp3) is 0.294. The van der Waals surface area contributed by atoms with Gasteiger partial charge in [-0.1, -0.05) is 28.8 Å². The van der Waals surface area contributed by atoms with Crippen molar-refractivity contribution in [2.24, 2.45) is 11.7 Å². The van der Waals surface area contributed by atoms with E-state index in [0.29, 0.717) is 10.4 Å². The molecule has 1 amide bonds. The van der Waals surface area contributed by atoms with Crippen LogP contribution in [0.4, 0.5) is 10.1 Å². The first-order valence-corrected chi connectivity index (χ1v) is 8.29. The predicted molar refractivity (Wildman–Crippen MR) is 90.6 cm³/mol. The molecule has 23 heavy (non-hydrogen) atoms. The Morgan fingerprint density at radius 2 is 2.17 bits per heavy atom. The zero-order chi connectivity index (χ0) is 16.4. The summed E-state index contributed by atoms with van der Waals surface area (Å²) < 4.78 is 14.4. The number of anilines is 1. The average molecular weight is 378 g/mol. The zero-order valence-electron chi connectivity index (χ0n) is 12.4. The third kappa shape index (κ3) is 4.28. The molecule has 0 radical (unpaired) electrons. The maximum absolute atomic E-state index is 13.7. The number of nitrogens with two attached hydrogens (primary N) is 1. The largest absolute Gasteiger partial charge is 0.378 e. The number of pyridine rings is 1. The van der Waals surface area contributed by atoms with Gasteiger partial charge in [-0.2, -0.15) is 0 Å². The van der Waals surface area contributed by atoms with Crippen LogP contribution in [0.3, 0.4) is 0 Å². The van der Waals surface area contributed by atoms with Crippen molar-refractivity contribution in [1.82, 2.24) is 4.98 Å². The van der Waals surface area contributed by atoms with Gasteiger partial charge in [-0.05, 0) is 48.2 Å². The molecular weight excluding hydrogens is 361 g/mol. The standard InChI is InChI=1S/C17H17BrFN3O/c18-12-6-11(7-13(19)8-12)15(5-10-1-2-10)22-14-3-4-21-16(9-14)17(20)23/h3-4,6-10,15H,1-2,5H2,(H2,20,23)(H,21,22). The number of carbonyl (C=O) groups excluding carboxylic acids is 1. The number of nitrogens with zero attached hydrogens (tertiary/aromatic N) is 1. The van der Waals surface area contributed by atoms with Crippen molar-refractivity contribution in [1.29, 1.82) is 0 Å². The molecule has 1 aliphatic rings. The molecule has 1 aromatic carbocycles. The summed E-state index contributed by atoms with van der Waals surface area (Å²) in [6.07, 6.45) is 4.87. The number of benzene rings is 1. The lowest BCUT2D eigenvalue weighted by Gasteiger charge is -2.21. The molecule has 1 fully saturated rings. The molecule has 0 saturated heterocycles. The lowest BCUT2D eigenvalue weighted by atomic mass is 10.0. The normalized spacial score (nSPS) is 15.2. The van der Waals surface area contributed by atoms with Crippen LogP contribution in [-0.2, 0) is 0 Å². The smallest absolute Gasteiger partial charge is 0.267 e. The van der Waals surface area contributed by atoms with Gasteiger partial charge in [0.25, 0.3) is 5.91 Å². The van der Waals surface area contributed by atoms with Crippen LogP contribution in [0.5, 0.6) is 0 Å². The molecule has 1 aromatic heterocycles. The number of hydrogen-bond acceptors (Lipinski definition) is 3. The predicted octanol–water partition coefficient (Wildman–Crippen LogP) is 4.04. The number of halogens is 2. The summed E-state index contributed by atoms with van der Waals surface area (Å²) in [6.45, 7) is 0. The van der Waals surface area contributed by atoms with Crippen molar-refractivity contribution in [2.45, 2.75) is 25.3 Å². The first-order valence-electron chi connectivity index (χ1n) is 7.49. The molecule has 2 aromatic rings. The Kier molecular flexibility index (Phi) is 4.61. The number of amides is 1. The molecule has 0 aliphatic heterocycles. The molecular formula is C17H17BrFN3O. The molecule has 3 rings (SSSR count). The number of primary amides is 1. The summed E-state index contributed by atoms with van der Waals surface area (Å²) in [5.41, 5.74) is 7.10. The summed E-state index contributed by atoms with van der Waals surface area (Å²) in [4.78, 5) is 15.2. The van der Waals surface area contributed by atoms with Gasteiger partial charge >= 0.3 is 0 Å². The number of carbonyl (C=O) groups is 1. The Morgan fingerprint density at radius 3 is 2.83 bits per heavy atom. The first kappa shape index (κ1) is 15.9. The quantitative estimate of drug-likeness (QED) is 0.798. The third-order valence-corrected chi connectivity index (χ3v) is 4.36. The van der Waals surface area contributed by atoms with Gasteiger partial charge in [0, 0.05) is 16.4 Å². The number of rotatable bonds is 6. The summed E-state index contributed by atoms with van der Waals surface area (Å²) in [6, 6.07) is 8.27. The van der Waals surface area contributed by atoms with Gasteiger partial charge in [0.1, 0.15) is 11.5 Å². The fourth-order valence-corrected chi connectivity index (χ4v) is 3.08. The van der Waals surface area contributed by atoms with Crippen LogP contribution in [-0.4, -0.2) is 10.9 Å². The first-order chi connectivity index (χ1) is 11.0. The topological polar surface area (TPSA) is 68.0 Å². The van der Waals surface area contributed by atoms with Crippen LogP contribution in [0, 0.1) is 11.7 Å². The maximum atomic E-state index is 13.7. The fourth-order valence-electron chi connectivity index (χ4n) is 2.60. The third-order valence-electron chi connectivity index (χ3n) is 3.91. The van der Waals surface area contributed by atoms with E-state index in [4.69, 9.17) is 5.73 Å². The van der Waals surface area contributed by atoms with Crippen molar-refractivity contribution in [3.05, 3.63) is 58.1 Å². The van der Waals surface area contributed by atoms with E-state index < -0.39 is 5.91 Å². The summed E-state index contributed by atoms with van der Waals surface area (Å²) in [5, 5.41) is 3.38. The van der Waals surface area contributed by atoms with E-state index in [0.717, 1.165) is 17.7 Å². The van der Waals surface area contributed by atoms with E-state index in [-0.39, 0.29) is 17.6 Å². The van der Waals surface area contributed by atoms with Crippen molar-refractivity contribution >= 4 is 27.5 Å². The van der Waals surface area contributed by atoms with E-state index >= 15 is 0 Å². The molecule has 6 heteroatoms. The molecule has 1 saturated carbocycles. The minimum atomic E-state index is -0.569. The molecule has 0 spiro atoms. The van der Waals surface area contributed by atoms with E-state index in [1.54, 1.807) is 18.2 Å². The van der Waals surface area contributed by atoms with Crippen LogP contribution >= 0.6 is 15.9 Å². The van der Waals surface area contributed by atoms with E-state index in [1.165, 1.54) is 25.1 Å². The molecule has 0 bridgehead atoms. The number of aromatic nitrogens is 1. The van der Waals surface area contributed by atoms with Gasteiger partial charge < -0.3 is 11.1 Å². The van der Waals surface area contributed by atoms with Gasteiger partial charge in [-0.3, -0.25) is 9.78 Å². The van der Waals surface area contributed by atoms with Crippen LogP contribution in [0.1, 0.15) is 41.4 Å². The maximum Gasteiger partial charge on any atom is 0.267 e. The van der Waals surface area contributed by atoms with Gasteiger partial charge in [-0.15, -0.1) is 0 Å². The molecule has 3 N–H and O–H groups in total. The van der Waals surface area contributed by atoms with Crippen molar-refractivity contribution in [3.8, 4) is 0 Å². The second-order valence-electron chi connectivity index (χ2n) is 5.87. The second kappa shape index (κ2) is 6.66. The molecule has 1 aliphatic carbocycles. The summed E-state index contributed by atoms with van der Waals surface area (Å²) >= 11 is 3.34. The van der Waals surface area contributed by atoms with Gasteiger partial charge in [0.2, 0.25) is 0 Å². The van der Waals surface area contributed by atoms with Crippen molar-refractivity contribution in [3.63, 3.8) is 0 Å². The monoisotopic (exact) mass is 377 g/mol. The van der Waals surface area contributed by atoms with Crippen molar-refractivity contribution in [2.75, 3.05) is 5.32 Å². The Morgan fingerprint density at radius 1 is 1.39 bits per heavy atom. The van der Waals surface area contributed by atoms with Crippen LogP contribution in [0.15, 0.2) is 41.0 Å². The SMILES string of the molecule is NC(=O)c1cc(NC(CC2CC2)c2cc(F)cc(Br)c2)ccn1. The van der Waals surface area contributed by atoms with Gasteiger partial charge in [0.05, 0.1) is 6.04 Å². The average Bonchev–Trinajstić information content (AvgIpc) is 3.30. The van der Waals surface area contributed by atoms with Crippen molar-refractivity contribution < 1.29 is 9.18 Å². The molecule has 1 atom stereocenters. The molecule has 1 unspecified atom stereocenters. The minimum absolute atomic E-state index is 0.0300.